The van der Waals surface area contributed by atoms with Crippen molar-refractivity contribution in [3.63, 3.8) is 0 Å². The van der Waals surface area contributed by atoms with Gasteiger partial charge in [0.05, 0.1) is 6.04 Å². The number of nitrogens with one attached hydrogen (secondary N) is 1. The van der Waals surface area contributed by atoms with E-state index in [1.165, 1.54) is 12.8 Å². The summed E-state index contributed by atoms with van der Waals surface area (Å²) in [4.78, 5) is 25.5. The van der Waals surface area contributed by atoms with Gasteiger partial charge in [0.25, 0.3) is 0 Å². The molecule has 0 spiro atoms. The Bertz CT molecular complexity index is 580. The van der Waals surface area contributed by atoms with E-state index < -0.39 is 0 Å². The maximum atomic E-state index is 11.9. The maximum Gasteiger partial charge on any atom is 0.237 e. The van der Waals surface area contributed by atoms with Gasteiger partial charge in [0.2, 0.25) is 5.91 Å². The van der Waals surface area contributed by atoms with Gasteiger partial charge in [-0.05, 0) is 39.0 Å². The third-order valence-electron chi connectivity index (χ3n) is 5.35. The van der Waals surface area contributed by atoms with Gasteiger partial charge in [0, 0.05) is 43.5 Å². The summed E-state index contributed by atoms with van der Waals surface area (Å²) in [6.45, 7) is 4.88. The van der Waals surface area contributed by atoms with Gasteiger partial charge in [-0.15, -0.1) is 0 Å². The van der Waals surface area contributed by atoms with E-state index in [9.17, 15) is 4.79 Å². The number of likely N-dealkylation sites (tertiary alicyclic amines) is 1. The number of aryl methyl sites for hydroxylation is 1. The highest BCUT2D eigenvalue weighted by Gasteiger charge is 2.39. The lowest BCUT2D eigenvalue weighted by Crippen LogP contribution is -2.50. The zero-order chi connectivity index (χ0) is 15.8. The second-order valence-corrected chi connectivity index (χ2v) is 7.02. The number of nitrogens with zero attached hydrogens (tertiary/aromatic N) is 4. The molecule has 1 aliphatic carbocycles. The first kappa shape index (κ1) is 14.9. The number of carbonyl (C=O) groups is 1. The van der Waals surface area contributed by atoms with Gasteiger partial charge in [-0.3, -0.25) is 9.69 Å². The Morgan fingerprint density at radius 3 is 2.48 bits per heavy atom. The van der Waals surface area contributed by atoms with Gasteiger partial charge >= 0.3 is 0 Å². The van der Waals surface area contributed by atoms with Gasteiger partial charge in [0.15, 0.2) is 0 Å². The second kappa shape index (κ2) is 6.07. The number of amides is 1. The zero-order valence-electron chi connectivity index (χ0n) is 13.7. The molecule has 6 heteroatoms. The van der Waals surface area contributed by atoms with Gasteiger partial charge in [-0.25, -0.2) is 9.97 Å². The minimum Gasteiger partial charge on any atom is -0.355 e. The molecule has 124 valence electrons. The number of anilines is 1. The Labute approximate surface area is 137 Å². The molecule has 3 heterocycles. The van der Waals surface area contributed by atoms with Crippen LogP contribution in [0, 0.1) is 6.92 Å². The molecule has 3 aliphatic rings. The van der Waals surface area contributed by atoms with Crippen LogP contribution in [0.2, 0.25) is 0 Å². The Morgan fingerprint density at radius 2 is 1.87 bits per heavy atom. The molecule has 0 radical (unpaired) electrons. The van der Waals surface area contributed by atoms with Gasteiger partial charge < -0.3 is 10.2 Å². The molecule has 2 saturated heterocycles. The average molecular weight is 315 g/mol. The van der Waals surface area contributed by atoms with Crippen LogP contribution in [0.3, 0.4) is 0 Å². The standard InChI is InChI=1S/C17H25N5O/c1-12-10-16(20-11-19-12)22(13-2-3-13)14-5-8-21(9-6-14)15-4-7-18-17(15)23/h10-11,13-15H,2-9H2,1H3,(H,18,23). The van der Waals surface area contributed by atoms with E-state index in [4.69, 9.17) is 0 Å². The molecule has 1 amide bonds. The third-order valence-corrected chi connectivity index (χ3v) is 5.35. The van der Waals surface area contributed by atoms with Crippen molar-refractivity contribution in [2.75, 3.05) is 24.5 Å². The summed E-state index contributed by atoms with van der Waals surface area (Å²) in [5.74, 6) is 1.30. The molecule has 1 unspecified atom stereocenters. The van der Waals surface area contributed by atoms with E-state index in [0.717, 1.165) is 50.4 Å². The Kier molecular flexibility index (Phi) is 3.93. The van der Waals surface area contributed by atoms with Crippen LogP contribution in [0.4, 0.5) is 5.82 Å². The fourth-order valence-corrected chi connectivity index (χ4v) is 4.01. The highest BCUT2D eigenvalue weighted by atomic mass is 16.2. The second-order valence-electron chi connectivity index (χ2n) is 7.02. The van der Waals surface area contributed by atoms with Gasteiger partial charge in [-0.1, -0.05) is 0 Å². The number of aromatic nitrogens is 2. The molecule has 1 atom stereocenters. The number of hydrogen-bond acceptors (Lipinski definition) is 5. The molecule has 4 rings (SSSR count). The van der Waals surface area contributed by atoms with E-state index >= 15 is 0 Å². The number of hydrogen-bond donors (Lipinski definition) is 1. The largest absolute Gasteiger partial charge is 0.355 e. The van der Waals surface area contributed by atoms with Crippen molar-refractivity contribution in [3.05, 3.63) is 18.1 Å². The molecular formula is C17H25N5O. The van der Waals surface area contributed by atoms with Crippen LogP contribution in [-0.2, 0) is 4.79 Å². The van der Waals surface area contributed by atoms with Crippen molar-refractivity contribution in [2.24, 2.45) is 0 Å². The van der Waals surface area contributed by atoms with E-state index in [-0.39, 0.29) is 11.9 Å². The Hall–Kier alpha value is -1.69. The summed E-state index contributed by atoms with van der Waals surface area (Å²) in [5, 5.41) is 2.95. The molecule has 0 bridgehead atoms. The normalized spacial score (nSPS) is 26.3. The van der Waals surface area contributed by atoms with Crippen LogP contribution in [0.1, 0.15) is 37.8 Å². The molecular weight excluding hydrogens is 290 g/mol. The first-order valence-electron chi connectivity index (χ1n) is 8.81. The third kappa shape index (κ3) is 3.04. The van der Waals surface area contributed by atoms with Crippen molar-refractivity contribution < 1.29 is 4.79 Å². The molecule has 0 aromatic carbocycles. The zero-order valence-corrected chi connectivity index (χ0v) is 13.7. The van der Waals surface area contributed by atoms with Crippen LogP contribution >= 0.6 is 0 Å². The fourth-order valence-electron chi connectivity index (χ4n) is 4.01. The smallest absolute Gasteiger partial charge is 0.237 e. The first-order valence-corrected chi connectivity index (χ1v) is 8.81. The van der Waals surface area contributed by atoms with Crippen LogP contribution in [0.5, 0.6) is 0 Å². The quantitative estimate of drug-likeness (QED) is 0.902. The molecule has 1 aromatic rings. The van der Waals surface area contributed by atoms with Crippen LogP contribution in [0.15, 0.2) is 12.4 Å². The summed E-state index contributed by atoms with van der Waals surface area (Å²) in [6.07, 6.45) is 7.41. The van der Waals surface area contributed by atoms with Crippen molar-refractivity contribution in [3.8, 4) is 0 Å². The minimum atomic E-state index is 0.103. The number of piperidine rings is 1. The predicted molar refractivity (Wildman–Crippen MR) is 88.3 cm³/mol. The summed E-state index contributed by atoms with van der Waals surface area (Å²) in [7, 11) is 0. The Morgan fingerprint density at radius 1 is 1.13 bits per heavy atom. The summed E-state index contributed by atoms with van der Waals surface area (Å²) < 4.78 is 0. The van der Waals surface area contributed by atoms with Gasteiger partial charge in [0.1, 0.15) is 12.1 Å². The monoisotopic (exact) mass is 315 g/mol. The van der Waals surface area contributed by atoms with Crippen LogP contribution < -0.4 is 10.2 Å². The van der Waals surface area contributed by atoms with E-state index in [1.807, 2.05) is 6.92 Å². The Balaban J connectivity index is 1.44. The maximum absolute atomic E-state index is 11.9. The van der Waals surface area contributed by atoms with Crippen molar-refractivity contribution in [1.82, 2.24) is 20.2 Å². The number of carbonyl (C=O) groups excluding carboxylic acids is 1. The molecule has 3 fully saturated rings. The molecule has 1 N–H and O–H groups in total. The topological polar surface area (TPSA) is 61.4 Å². The molecule has 23 heavy (non-hydrogen) atoms. The van der Waals surface area contributed by atoms with Crippen molar-refractivity contribution >= 4 is 11.7 Å². The number of rotatable bonds is 4. The van der Waals surface area contributed by atoms with Gasteiger partial charge in [-0.2, -0.15) is 0 Å². The van der Waals surface area contributed by atoms with Crippen LogP contribution in [-0.4, -0.2) is 58.5 Å². The van der Waals surface area contributed by atoms with E-state index in [2.05, 4.69) is 31.2 Å². The van der Waals surface area contributed by atoms with E-state index in [0.29, 0.717) is 12.1 Å². The summed E-state index contributed by atoms with van der Waals surface area (Å²) >= 11 is 0. The lowest BCUT2D eigenvalue weighted by Gasteiger charge is -2.40. The van der Waals surface area contributed by atoms with E-state index in [1.54, 1.807) is 6.33 Å². The summed E-state index contributed by atoms with van der Waals surface area (Å²) in [6, 6.07) is 3.40. The highest BCUT2D eigenvalue weighted by molar-refractivity contribution is 5.83. The average Bonchev–Trinajstić information content (AvgIpc) is 3.29. The molecule has 2 aliphatic heterocycles. The molecule has 6 nitrogen and oxygen atoms in total. The minimum absolute atomic E-state index is 0.103. The highest BCUT2D eigenvalue weighted by Crippen LogP contribution is 2.35. The lowest BCUT2D eigenvalue weighted by atomic mass is 10.0. The van der Waals surface area contributed by atoms with Crippen molar-refractivity contribution in [2.45, 2.75) is 57.2 Å². The SMILES string of the molecule is Cc1cc(N(C2CC2)C2CCN(C3CCNC3=O)CC2)ncn1. The fraction of sp³-hybridized carbons (Fsp3) is 0.706. The molecule has 1 saturated carbocycles. The predicted octanol–water partition coefficient (Wildman–Crippen LogP) is 1.11. The van der Waals surface area contributed by atoms with Crippen LogP contribution in [0.25, 0.3) is 0 Å². The van der Waals surface area contributed by atoms with Crippen molar-refractivity contribution in [1.29, 1.82) is 0 Å². The lowest BCUT2D eigenvalue weighted by molar-refractivity contribution is -0.124. The molecule has 1 aromatic heterocycles. The summed E-state index contributed by atoms with van der Waals surface area (Å²) in [5.41, 5.74) is 1.03. The first-order chi connectivity index (χ1) is 11.2.